The van der Waals surface area contributed by atoms with Gasteiger partial charge in [0, 0.05) is 17.3 Å². The van der Waals surface area contributed by atoms with E-state index in [2.05, 4.69) is 15.9 Å². The number of ether oxygens (including phenoxy) is 2. The smallest absolute Gasteiger partial charge is 0.375 e. The minimum atomic E-state index is -0.764. The predicted octanol–water partition coefficient (Wildman–Crippen LogP) is 4.31. The normalized spacial score (nSPS) is 16.5. The number of benzene rings is 2. The summed E-state index contributed by atoms with van der Waals surface area (Å²) in [6.45, 7) is 0. The molecular formula is C20H15BrN2O4. The summed E-state index contributed by atoms with van der Waals surface area (Å²) in [5, 5.41) is 14.6. The highest BCUT2D eigenvalue weighted by Crippen LogP contribution is 2.42. The number of methoxy groups -OCH3 is 1. The first kappa shape index (κ1) is 17.4. The second kappa shape index (κ2) is 6.92. The van der Waals surface area contributed by atoms with E-state index >= 15 is 0 Å². The van der Waals surface area contributed by atoms with E-state index in [4.69, 9.17) is 14.6 Å². The SMILES string of the molecule is COc1ccc(-c2nn(-c3ccccc3)cc2C2OC(=O)C(O)=C2Br)cc1. The molecule has 0 bridgehead atoms. The Kier molecular flexibility index (Phi) is 4.45. The van der Waals surface area contributed by atoms with Gasteiger partial charge in [0.05, 0.1) is 17.3 Å². The maximum absolute atomic E-state index is 11.8. The van der Waals surface area contributed by atoms with Gasteiger partial charge in [-0.1, -0.05) is 18.2 Å². The summed E-state index contributed by atoms with van der Waals surface area (Å²) in [6.07, 6.45) is 1.04. The Balaban J connectivity index is 1.85. The molecule has 136 valence electrons. The van der Waals surface area contributed by atoms with Crippen LogP contribution in [-0.2, 0) is 9.53 Å². The van der Waals surface area contributed by atoms with Crippen molar-refractivity contribution in [2.24, 2.45) is 0 Å². The van der Waals surface area contributed by atoms with Gasteiger partial charge in [-0.3, -0.25) is 0 Å². The van der Waals surface area contributed by atoms with E-state index in [0.717, 1.165) is 17.0 Å². The van der Waals surface area contributed by atoms with Gasteiger partial charge in [0.2, 0.25) is 5.76 Å². The lowest BCUT2D eigenvalue weighted by molar-refractivity contribution is -0.142. The predicted molar refractivity (Wildman–Crippen MR) is 103 cm³/mol. The van der Waals surface area contributed by atoms with Crippen LogP contribution in [0, 0.1) is 0 Å². The highest BCUT2D eigenvalue weighted by Gasteiger charge is 2.36. The molecule has 27 heavy (non-hydrogen) atoms. The van der Waals surface area contributed by atoms with Crippen LogP contribution >= 0.6 is 15.9 Å². The van der Waals surface area contributed by atoms with Gasteiger partial charge in [-0.2, -0.15) is 5.10 Å². The van der Waals surface area contributed by atoms with Crippen LogP contribution in [0.2, 0.25) is 0 Å². The van der Waals surface area contributed by atoms with E-state index in [1.807, 2.05) is 54.6 Å². The van der Waals surface area contributed by atoms with Crippen LogP contribution in [0.1, 0.15) is 11.7 Å². The van der Waals surface area contributed by atoms with Crippen molar-refractivity contribution in [3.8, 4) is 22.7 Å². The molecule has 3 aromatic rings. The summed E-state index contributed by atoms with van der Waals surface area (Å²) < 4.78 is 12.6. The van der Waals surface area contributed by atoms with E-state index in [0.29, 0.717) is 11.3 Å². The Morgan fingerprint density at radius 2 is 1.85 bits per heavy atom. The zero-order chi connectivity index (χ0) is 19.0. The molecular weight excluding hydrogens is 412 g/mol. The lowest BCUT2D eigenvalue weighted by atomic mass is 10.0. The van der Waals surface area contributed by atoms with Crippen molar-refractivity contribution in [1.29, 1.82) is 0 Å². The van der Waals surface area contributed by atoms with Crippen LogP contribution in [0.15, 0.2) is 71.0 Å². The first-order valence-corrected chi connectivity index (χ1v) is 8.97. The molecule has 4 rings (SSSR count). The van der Waals surface area contributed by atoms with Crippen molar-refractivity contribution in [3.05, 3.63) is 76.6 Å². The molecule has 1 aromatic heterocycles. The third kappa shape index (κ3) is 3.10. The Morgan fingerprint density at radius 1 is 1.15 bits per heavy atom. The van der Waals surface area contributed by atoms with Crippen molar-refractivity contribution in [1.82, 2.24) is 9.78 Å². The van der Waals surface area contributed by atoms with E-state index in [1.165, 1.54) is 0 Å². The maximum atomic E-state index is 11.8. The van der Waals surface area contributed by atoms with E-state index in [9.17, 15) is 9.90 Å². The van der Waals surface area contributed by atoms with E-state index in [1.54, 1.807) is 18.0 Å². The Hall–Kier alpha value is -3.06. The number of carbonyl (C=O) groups is 1. The van der Waals surface area contributed by atoms with Gasteiger partial charge in [0.15, 0.2) is 6.10 Å². The number of nitrogens with zero attached hydrogens (tertiary/aromatic N) is 2. The quantitative estimate of drug-likeness (QED) is 0.629. The lowest BCUT2D eigenvalue weighted by Crippen LogP contribution is -2.03. The van der Waals surface area contributed by atoms with Crippen LogP contribution in [0.25, 0.3) is 16.9 Å². The lowest BCUT2D eigenvalue weighted by Gasteiger charge is -2.10. The number of hydrogen-bond acceptors (Lipinski definition) is 5. The van der Waals surface area contributed by atoms with Gasteiger partial charge in [-0.15, -0.1) is 0 Å². The maximum Gasteiger partial charge on any atom is 0.375 e. The van der Waals surface area contributed by atoms with Gasteiger partial charge < -0.3 is 14.6 Å². The second-order valence-electron chi connectivity index (χ2n) is 5.92. The Bertz CT molecular complexity index is 1030. The number of hydrogen-bond donors (Lipinski definition) is 1. The monoisotopic (exact) mass is 426 g/mol. The first-order chi connectivity index (χ1) is 13.1. The largest absolute Gasteiger partial charge is 0.501 e. The summed E-state index contributed by atoms with van der Waals surface area (Å²) in [5.74, 6) is -0.457. The molecule has 6 nitrogen and oxygen atoms in total. The molecule has 0 spiro atoms. The number of aliphatic hydroxyl groups excluding tert-OH is 1. The zero-order valence-electron chi connectivity index (χ0n) is 14.3. The molecule has 0 saturated carbocycles. The standard InChI is InChI=1S/C20H15BrN2O4/c1-26-14-9-7-12(8-10-14)17-15(19-16(21)18(24)20(25)27-19)11-23(22-17)13-5-3-2-4-6-13/h2-11,19,24H,1H3. The average Bonchev–Trinajstić information content (AvgIpc) is 3.26. The Morgan fingerprint density at radius 3 is 2.44 bits per heavy atom. The third-order valence-electron chi connectivity index (χ3n) is 4.28. The first-order valence-electron chi connectivity index (χ1n) is 8.17. The van der Waals surface area contributed by atoms with Crippen molar-refractivity contribution >= 4 is 21.9 Å². The number of para-hydroxylation sites is 1. The van der Waals surface area contributed by atoms with Crippen LogP contribution < -0.4 is 4.74 Å². The molecule has 0 amide bonds. The highest BCUT2D eigenvalue weighted by molar-refractivity contribution is 9.11. The Labute approximate surface area is 163 Å². The van der Waals surface area contributed by atoms with Gasteiger partial charge >= 0.3 is 5.97 Å². The summed E-state index contributed by atoms with van der Waals surface area (Å²) in [6, 6.07) is 17.1. The molecule has 0 aliphatic carbocycles. The number of esters is 1. The van der Waals surface area contributed by atoms with Crippen LogP contribution in [0.3, 0.4) is 0 Å². The molecule has 1 unspecified atom stereocenters. The molecule has 2 aromatic carbocycles. The van der Waals surface area contributed by atoms with Gasteiger partial charge in [0.25, 0.3) is 0 Å². The van der Waals surface area contributed by atoms with Crippen LogP contribution in [-0.4, -0.2) is 28.0 Å². The fraction of sp³-hybridized carbons (Fsp3) is 0.100. The second-order valence-corrected chi connectivity index (χ2v) is 6.78. The fourth-order valence-electron chi connectivity index (χ4n) is 2.90. The number of cyclic esters (lactones) is 1. The molecule has 2 heterocycles. The molecule has 1 aliphatic rings. The van der Waals surface area contributed by atoms with E-state index < -0.39 is 17.8 Å². The number of rotatable bonds is 4. The average molecular weight is 427 g/mol. The number of halogens is 1. The van der Waals surface area contributed by atoms with Crippen molar-refractivity contribution < 1.29 is 19.4 Å². The molecule has 1 aliphatic heterocycles. The minimum absolute atomic E-state index is 0.287. The summed E-state index contributed by atoms with van der Waals surface area (Å²) in [4.78, 5) is 11.8. The van der Waals surface area contributed by atoms with Crippen molar-refractivity contribution in [2.45, 2.75) is 6.10 Å². The highest BCUT2D eigenvalue weighted by atomic mass is 79.9. The summed E-state index contributed by atoms with van der Waals surface area (Å²) in [7, 11) is 1.60. The summed E-state index contributed by atoms with van der Waals surface area (Å²) >= 11 is 3.27. The topological polar surface area (TPSA) is 73.6 Å². The van der Waals surface area contributed by atoms with Gasteiger partial charge in [-0.25, -0.2) is 9.48 Å². The van der Waals surface area contributed by atoms with Crippen molar-refractivity contribution in [2.75, 3.05) is 7.11 Å². The third-order valence-corrected chi connectivity index (χ3v) is 5.08. The molecule has 0 saturated heterocycles. The van der Waals surface area contributed by atoms with Gasteiger partial charge in [-0.05, 0) is 52.3 Å². The zero-order valence-corrected chi connectivity index (χ0v) is 15.9. The number of aromatic nitrogens is 2. The number of aliphatic hydroxyl groups is 1. The molecule has 1 atom stereocenters. The number of carbonyl (C=O) groups excluding carboxylic acids is 1. The minimum Gasteiger partial charge on any atom is -0.501 e. The molecule has 0 fully saturated rings. The fourth-order valence-corrected chi connectivity index (χ4v) is 3.40. The molecule has 0 radical (unpaired) electrons. The summed E-state index contributed by atoms with van der Waals surface area (Å²) in [5.41, 5.74) is 3.01. The van der Waals surface area contributed by atoms with Crippen LogP contribution in [0.5, 0.6) is 5.75 Å². The molecule has 7 heteroatoms. The molecule has 1 N–H and O–H groups in total. The van der Waals surface area contributed by atoms with Crippen LogP contribution in [0.4, 0.5) is 0 Å². The van der Waals surface area contributed by atoms with E-state index in [-0.39, 0.29) is 4.48 Å². The van der Waals surface area contributed by atoms with Crippen molar-refractivity contribution in [3.63, 3.8) is 0 Å². The van der Waals surface area contributed by atoms with Gasteiger partial charge in [0.1, 0.15) is 11.4 Å².